The molecule has 0 aliphatic heterocycles. The van der Waals surface area contributed by atoms with Gasteiger partial charge in [0.05, 0.1) is 5.69 Å². The van der Waals surface area contributed by atoms with Crippen LogP contribution >= 0.6 is 22.9 Å². The summed E-state index contributed by atoms with van der Waals surface area (Å²) in [4.78, 5) is 15.3. The van der Waals surface area contributed by atoms with Crippen LogP contribution in [0, 0.1) is 0 Å². The molecule has 0 saturated carbocycles. The first-order valence-corrected chi connectivity index (χ1v) is 6.85. The predicted molar refractivity (Wildman–Crippen MR) is 74.9 cm³/mol. The maximum atomic E-state index is 10.8. The molecule has 0 saturated heterocycles. The van der Waals surface area contributed by atoms with E-state index in [0.717, 1.165) is 27.7 Å². The first-order valence-electron chi connectivity index (χ1n) is 5.60. The Morgan fingerprint density at radius 3 is 2.78 bits per heavy atom. The van der Waals surface area contributed by atoms with Crippen molar-refractivity contribution in [2.75, 3.05) is 6.54 Å². The number of benzene rings is 1. The number of hydrogen-bond acceptors (Lipinski definition) is 3. The molecule has 0 fully saturated rings. The zero-order valence-electron chi connectivity index (χ0n) is 9.94. The number of amides is 1. The number of carbonyl (C=O) groups is 1. The summed E-state index contributed by atoms with van der Waals surface area (Å²) in [5, 5.41) is 6.48. The summed E-state index contributed by atoms with van der Waals surface area (Å²) >= 11 is 7.45. The van der Waals surface area contributed by atoms with Gasteiger partial charge < -0.3 is 5.32 Å². The van der Waals surface area contributed by atoms with Crippen molar-refractivity contribution in [3.05, 3.63) is 40.4 Å². The zero-order chi connectivity index (χ0) is 13.0. The van der Waals surface area contributed by atoms with Crippen LogP contribution in [0.15, 0.2) is 29.6 Å². The number of hydrogen-bond donors (Lipinski definition) is 1. The molecule has 2 aromatic rings. The Morgan fingerprint density at radius 2 is 2.11 bits per heavy atom. The third-order valence-corrected chi connectivity index (χ3v) is 3.59. The van der Waals surface area contributed by atoms with E-state index in [9.17, 15) is 4.79 Å². The van der Waals surface area contributed by atoms with Crippen LogP contribution in [0.1, 0.15) is 12.6 Å². The topological polar surface area (TPSA) is 42.0 Å². The van der Waals surface area contributed by atoms with E-state index in [-0.39, 0.29) is 5.91 Å². The fourth-order valence-corrected chi connectivity index (χ4v) is 2.50. The molecule has 0 unspecified atom stereocenters. The van der Waals surface area contributed by atoms with Gasteiger partial charge in [-0.15, -0.1) is 11.3 Å². The third-order valence-electron chi connectivity index (χ3n) is 2.40. The van der Waals surface area contributed by atoms with Crippen molar-refractivity contribution in [1.29, 1.82) is 0 Å². The molecule has 2 rings (SSSR count). The highest BCUT2D eigenvalue weighted by Crippen LogP contribution is 2.25. The largest absolute Gasteiger partial charge is 0.356 e. The molecular weight excluding hydrogens is 268 g/mol. The maximum Gasteiger partial charge on any atom is 0.216 e. The third kappa shape index (κ3) is 3.55. The molecule has 0 aliphatic rings. The van der Waals surface area contributed by atoms with Crippen LogP contribution in [0.25, 0.3) is 10.6 Å². The average molecular weight is 281 g/mol. The first-order chi connectivity index (χ1) is 8.65. The standard InChI is InChI=1S/C13H13ClN2OS/c1-9(17)15-7-6-12-8-18-13(16-12)10-2-4-11(14)5-3-10/h2-5,8H,6-7H2,1H3,(H,15,17). The van der Waals surface area contributed by atoms with Crippen molar-refractivity contribution in [2.45, 2.75) is 13.3 Å². The summed E-state index contributed by atoms with van der Waals surface area (Å²) < 4.78 is 0. The second-order valence-corrected chi connectivity index (χ2v) is 5.18. The van der Waals surface area contributed by atoms with Gasteiger partial charge in [0.1, 0.15) is 5.01 Å². The molecule has 0 bridgehead atoms. The van der Waals surface area contributed by atoms with Crippen molar-refractivity contribution in [3.63, 3.8) is 0 Å². The summed E-state index contributed by atoms with van der Waals surface area (Å²) in [6, 6.07) is 7.63. The van der Waals surface area contributed by atoms with Crippen LogP contribution in [0.3, 0.4) is 0 Å². The number of halogens is 1. The van der Waals surface area contributed by atoms with Gasteiger partial charge in [-0.25, -0.2) is 4.98 Å². The minimum Gasteiger partial charge on any atom is -0.356 e. The molecule has 0 spiro atoms. The maximum absolute atomic E-state index is 10.8. The van der Waals surface area contributed by atoms with Crippen molar-refractivity contribution in [2.24, 2.45) is 0 Å². The van der Waals surface area contributed by atoms with Crippen LogP contribution in [0.4, 0.5) is 0 Å². The zero-order valence-corrected chi connectivity index (χ0v) is 11.5. The summed E-state index contributed by atoms with van der Waals surface area (Å²) in [5.74, 6) is -0.0110. The second-order valence-electron chi connectivity index (χ2n) is 3.88. The Labute approximate surface area is 115 Å². The fraction of sp³-hybridized carbons (Fsp3) is 0.231. The van der Waals surface area contributed by atoms with E-state index in [4.69, 9.17) is 11.6 Å². The molecule has 1 aromatic heterocycles. The second kappa shape index (κ2) is 5.98. The molecule has 1 N–H and O–H groups in total. The van der Waals surface area contributed by atoms with Crippen LogP contribution in [-0.2, 0) is 11.2 Å². The summed E-state index contributed by atoms with van der Waals surface area (Å²) in [6.07, 6.45) is 0.754. The molecule has 18 heavy (non-hydrogen) atoms. The van der Waals surface area contributed by atoms with Crippen molar-refractivity contribution < 1.29 is 4.79 Å². The van der Waals surface area contributed by atoms with Crippen molar-refractivity contribution in [3.8, 4) is 10.6 Å². The normalized spacial score (nSPS) is 10.3. The van der Waals surface area contributed by atoms with E-state index in [1.807, 2.05) is 29.6 Å². The molecule has 1 amide bonds. The van der Waals surface area contributed by atoms with Crippen molar-refractivity contribution in [1.82, 2.24) is 10.3 Å². The Bertz CT molecular complexity index is 536. The smallest absolute Gasteiger partial charge is 0.216 e. The Kier molecular flexibility index (Phi) is 4.33. The molecule has 0 atom stereocenters. The quantitative estimate of drug-likeness (QED) is 0.935. The molecule has 5 heteroatoms. The number of carbonyl (C=O) groups excluding carboxylic acids is 1. The summed E-state index contributed by atoms with van der Waals surface area (Å²) in [7, 11) is 0. The monoisotopic (exact) mass is 280 g/mol. The molecule has 0 aliphatic carbocycles. The van der Waals surface area contributed by atoms with Crippen LogP contribution in [0.5, 0.6) is 0 Å². The van der Waals surface area contributed by atoms with E-state index in [0.29, 0.717) is 6.54 Å². The Hall–Kier alpha value is -1.39. The molecule has 3 nitrogen and oxygen atoms in total. The van der Waals surface area contributed by atoms with Gasteiger partial charge in [-0.3, -0.25) is 4.79 Å². The summed E-state index contributed by atoms with van der Waals surface area (Å²) in [6.45, 7) is 2.14. The highest BCUT2D eigenvalue weighted by atomic mass is 35.5. The Morgan fingerprint density at radius 1 is 1.39 bits per heavy atom. The van der Waals surface area contributed by atoms with Gasteiger partial charge in [-0.05, 0) is 12.1 Å². The van der Waals surface area contributed by atoms with Crippen LogP contribution < -0.4 is 5.32 Å². The number of thiazole rings is 1. The lowest BCUT2D eigenvalue weighted by Crippen LogP contribution is -2.22. The van der Waals surface area contributed by atoms with E-state index in [2.05, 4.69) is 10.3 Å². The molecule has 1 heterocycles. The van der Waals surface area contributed by atoms with Gasteiger partial charge in [-0.2, -0.15) is 0 Å². The SMILES string of the molecule is CC(=O)NCCc1csc(-c2ccc(Cl)cc2)n1. The van der Waals surface area contributed by atoms with Gasteiger partial charge in [0.25, 0.3) is 0 Å². The average Bonchev–Trinajstić information content (AvgIpc) is 2.78. The lowest BCUT2D eigenvalue weighted by molar-refractivity contribution is -0.118. The van der Waals surface area contributed by atoms with Gasteiger partial charge in [-0.1, -0.05) is 23.7 Å². The van der Waals surface area contributed by atoms with Crippen LogP contribution in [0.2, 0.25) is 5.02 Å². The van der Waals surface area contributed by atoms with E-state index in [1.54, 1.807) is 11.3 Å². The number of nitrogens with zero attached hydrogens (tertiary/aromatic N) is 1. The first kappa shape index (κ1) is 13.1. The lowest BCUT2D eigenvalue weighted by atomic mass is 10.2. The van der Waals surface area contributed by atoms with E-state index >= 15 is 0 Å². The minimum atomic E-state index is -0.0110. The van der Waals surface area contributed by atoms with Gasteiger partial charge >= 0.3 is 0 Å². The highest BCUT2D eigenvalue weighted by molar-refractivity contribution is 7.13. The molecule has 94 valence electrons. The number of nitrogens with one attached hydrogen (secondary N) is 1. The fourth-order valence-electron chi connectivity index (χ4n) is 1.51. The van der Waals surface area contributed by atoms with E-state index in [1.165, 1.54) is 6.92 Å². The lowest BCUT2D eigenvalue weighted by Gasteiger charge is -1.99. The van der Waals surface area contributed by atoms with Gasteiger partial charge in [0.15, 0.2) is 0 Å². The van der Waals surface area contributed by atoms with Gasteiger partial charge in [0.2, 0.25) is 5.91 Å². The highest BCUT2D eigenvalue weighted by Gasteiger charge is 2.04. The van der Waals surface area contributed by atoms with Gasteiger partial charge in [0, 0.05) is 35.9 Å². The van der Waals surface area contributed by atoms with Crippen molar-refractivity contribution >= 4 is 28.8 Å². The van der Waals surface area contributed by atoms with E-state index < -0.39 is 0 Å². The number of rotatable bonds is 4. The molecule has 0 radical (unpaired) electrons. The Balaban J connectivity index is 2.01. The molecule has 1 aromatic carbocycles. The number of aromatic nitrogens is 1. The molecular formula is C13H13ClN2OS. The minimum absolute atomic E-state index is 0.0110. The predicted octanol–water partition coefficient (Wildman–Crippen LogP) is 3.14. The summed E-state index contributed by atoms with van der Waals surface area (Å²) in [5.41, 5.74) is 2.06. The van der Waals surface area contributed by atoms with Crippen LogP contribution in [-0.4, -0.2) is 17.4 Å².